The van der Waals surface area contributed by atoms with Crippen molar-refractivity contribution in [2.24, 2.45) is 11.3 Å². The number of hydrogen-bond acceptors (Lipinski definition) is 4. The van der Waals surface area contributed by atoms with Crippen LogP contribution in [0, 0.1) is 11.3 Å². The summed E-state index contributed by atoms with van der Waals surface area (Å²) in [6.45, 7) is 13.1. The first kappa shape index (κ1) is 27.0. The second-order valence-electron chi connectivity index (χ2n) is 11.6. The summed E-state index contributed by atoms with van der Waals surface area (Å²) in [6.07, 6.45) is 4.65. The largest absolute Gasteiger partial charge is 0.355 e. The van der Waals surface area contributed by atoms with Gasteiger partial charge in [0.25, 0.3) is 5.91 Å². The summed E-state index contributed by atoms with van der Waals surface area (Å²) in [6, 6.07) is 9.95. The lowest BCUT2D eigenvalue weighted by Gasteiger charge is -2.43. The van der Waals surface area contributed by atoms with Crippen molar-refractivity contribution in [1.29, 1.82) is 0 Å². The molecule has 2 saturated heterocycles. The van der Waals surface area contributed by atoms with Crippen molar-refractivity contribution < 1.29 is 14.4 Å². The van der Waals surface area contributed by atoms with Crippen molar-refractivity contribution in [3.63, 3.8) is 0 Å². The van der Waals surface area contributed by atoms with E-state index in [1.54, 1.807) is 4.90 Å². The van der Waals surface area contributed by atoms with E-state index in [0.29, 0.717) is 51.5 Å². The molecule has 7 nitrogen and oxygen atoms in total. The van der Waals surface area contributed by atoms with E-state index in [1.807, 2.05) is 35.2 Å². The molecule has 0 aromatic heterocycles. The maximum atomic E-state index is 13.7. The number of carbonyl (C=O) groups is 3. The number of unbranched alkanes of at least 4 members (excludes halogenated alkanes) is 1. The first-order chi connectivity index (χ1) is 16.6. The number of likely N-dealkylation sites (tertiary alicyclic amines) is 1. The van der Waals surface area contributed by atoms with E-state index < -0.39 is 5.54 Å². The third-order valence-corrected chi connectivity index (χ3v) is 7.20. The molecule has 0 bridgehead atoms. The van der Waals surface area contributed by atoms with Crippen LogP contribution < -0.4 is 10.2 Å². The summed E-state index contributed by atoms with van der Waals surface area (Å²) in [5.74, 6) is 0.395. The number of hydrogen-bond donors (Lipinski definition) is 1. The fraction of sp³-hybridized carbons (Fsp3) is 0.679. The first-order valence-corrected chi connectivity index (χ1v) is 13.2. The van der Waals surface area contributed by atoms with E-state index in [-0.39, 0.29) is 29.7 Å². The molecule has 194 valence electrons. The highest BCUT2D eigenvalue weighted by atomic mass is 16.2. The Kier molecular flexibility index (Phi) is 8.84. The van der Waals surface area contributed by atoms with Crippen molar-refractivity contribution in [1.82, 2.24) is 15.1 Å². The summed E-state index contributed by atoms with van der Waals surface area (Å²) in [5.41, 5.74) is 0.469. The summed E-state index contributed by atoms with van der Waals surface area (Å²) in [5, 5.41) is 2.93. The van der Waals surface area contributed by atoms with Gasteiger partial charge in [0.1, 0.15) is 12.1 Å². The Morgan fingerprint density at radius 3 is 2.37 bits per heavy atom. The van der Waals surface area contributed by atoms with Crippen LogP contribution in [-0.4, -0.2) is 65.9 Å². The number of nitrogens with zero attached hydrogens (tertiary/aromatic N) is 3. The maximum absolute atomic E-state index is 13.7. The van der Waals surface area contributed by atoms with Crippen LogP contribution in [-0.2, 0) is 14.4 Å². The minimum Gasteiger partial charge on any atom is -0.355 e. The average molecular weight is 485 g/mol. The molecular formula is C28H44N4O3. The van der Waals surface area contributed by atoms with E-state index in [0.717, 1.165) is 24.9 Å². The molecule has 35 heavy (non-hydrogen) atoms. The average Bonchev–Trinajstić information content (AvgIpc) is 3.05. The number of benzene rings is 1. The summed E-state index contributed by atoms with van der Waals surface area (Å²) in [4.78, 5) is 45.0. The third kappa shape index (κ3) is 6.77. The van der Waals surface area contributed by atoms with E-state index in [4.69, 9.17) is 0 Å². The molecule has 2 fully saturated rings. The second-order valence-corrected chi connectivity index (χ2v) is 11.6. The number of piperidine rings is 1. The lowest BCUT2D eigenvalue weighted by molar-refractivity contribution is -0.140. The molecular weight excluding hydrogens is 440 g/mol. The van der Waals surface area contributed by atoms with Gasteiger partial charge in [0.2, 0.25) is 11.8 Å². The number of amides is 3. The zero-order valence-electron chi connectivity index (χ0n) is 22.3. The van der Waals surface area contributed by atoms with Gasteiger partial charge in [0, 0.05) is 31.7 Å². The van der Waals surface area contributed by atoms with Crippen molar-refractivity contribution in [3.8, 4) is 0 Å². The molecule has 3 rings (SSSR count). The highest BCUT2D eigenvalue weighted by Gasteiger charge is 2.54. The van der Waals surface area contributed by atoms with Crippen molar-refractivity contribution in [2.45, 2.75) is 78.7 Å². The van der Waals surface area contributed by atoms with Crippen LogP contribution in [0.4, 0.5) is 5.69 Å². The standard InChI is InChI=1S/C28H44N4O3/c1-6-7-15-29-24(33)20-31-21-32(23-11-9-8-10-12-23)28(26(31)35)13-16-30(17-14-28)25(34)18-22(2)19-27(3,4)5/h8-12,22H,6-7,13-21H2,1-5H3,(H,29,33). The number of rotatable bonds is 9. The lowest BCUT2D eigenvalue weighted by Crippen LogP contribution is -2.57. The summed E-state index contributed by atoms with van der Waals surface area (Å²) in [7, 11) is 0. The van der Waals surface area contributed by atoms with Gasteiger partial charge in [-0.1, -0.05) is 59.2 Å². The Morgan fingerprint density at radius 2 is 1.77 bits per heavy atom. The fourth-order valence-corrected chi connectivity index (χ4v) is 5.63. The molecule has 2 heterocycles. The summed E-state index contributed by atoms with van der Waals surface area (Å²) >= 11 is 0. The van der Waals surface area contributed by atoms with Crippen LogP contribution >= 0.6 is 0 Å². The molecule has 7 heteroatoms. The fourth-order valence-electron chi connectivity index (χ4n) is 5.63. The monoisotopic (exact) mass is 484 g/mol. The molecule has 0 aliphatic carbocycles. The van der Waals surface area contributed by atoms with Crippen molar-refractivity contribution >= 4 is 23.4 Å². The van der Waals surface area contributed by atoms with E-state index in [1.165, 1.54) is 0 Å². The van der Waals surface area contributed by atoms with Gasteiger partial charge in [-0.15, -0.1) is 0 Å². The molecule has 2 aliphatic heterocycles. The smallest absolute Gasteiger partial charge is 0.250 e. The lowest BCUT2D eigenvalue weighted by atomic mass is 9.83. The summed E-state index contributed by atoms with van der Waals surface area (Å²) < 4.78 is 0. The molecule has 1 spiro atoms. The molecule has 1 N–H and O–H groups in total. The van der Waals surface area contributed by atoms with Crippen LogP contribution in [0.1, 0.15) is 73.1 Å². The van der Waals surface area contributed by atoms with Gasteiger partial charge < -0.3 is 20.0 Å². The van der Waals surface area contributed by atoms with E-state index in [9.17, 15) is 14.4 Å². The number of para-hydroxylation sites is 1. The van der Waals surface area contributed by atoms with Gasteiger partial charge in [0.15, 0.2) is 0 Å². The number of carbonyl (C=O) groups excluding carboxylic acids is 3. The van der Waals surface area contributed by atoms with E-state index >= 15 is 0 Å². The molecule has 1 aromatic carbocycles. The van der Waals surface area contributed by atoms with Crippen LogP contribution in [0.3, 0.4) is 0 Å². The highest BCUT2D eigenvalue weighted by Crippen LogP contribution is 2.39. The first-order valence-electron chi connectivity index (χ1n) is 13.2. The Balaban J connectivity index is 1.70. The normalized spacial score (nSPS) is 18.8. The second kappa shape index (κ2) is 11.4. The minimum atomic E-state index is -0.709. The topological polar surface area (TPSA) is 73.0 Å². The maximum Gasteiger partial charge on any atom is 0.250 e. The van der Waals surface area contributed by atoms with Gasteiger partial charge in [-0.2, -0.15) is 0 Å². The predicted octanol–water partition coefficient (Wildman–Crippen LogP) is 4.03. The van der Waals surface area contributed by atoms with E-state index in [2.05, 4.69) is 44.8 Å². The Morgan fingerprint density at radius 1 is 1.11 bits per heavy atom. The van der Waals surface area contributed by atoms with Crippen LogP contribution in [0.25, 0.3) is 0 Å². The van der Waals surface area contributed by atoms with Gasteiger partial charge in [-0.25, -0.2) is 0 Å². The SMILES string of the molecule is CCCCNC(=O)CN1CN(c2ccccc2)C2(CCN(C(=O)CC(C)CC(C)(C)C)CC2)C1=O. The Bertz CT molecular complexity index is 872. The zero-order chi connectivity index (χ0) is 25.6. The van der Waals surface area contributed by atoms with Crippen molar-refractivity contribution in [3.05, 3.63) is 30.3 Å². The van der Waals surface area contributed by atoms with Gasteiger partial charge >= 0.3 is 0 Å². The Labute approximate surface area is 211 Å². The molecule has 0 saturated carbocycles. The molecule has 1 aromatic rings. The number of anilines is 1. The predicted molar refractivity (Wildman–Crippen MR) is 140 cm³/mol. The van der Waals surface area contributed by atoms with Gasteiger partial charge in [0.05, 0.1) is 6.67 Å². The minimum absolute atomic E-state index is 0.000180. The Hall–Kier alpha value is -2.57. The molecule has 1 unspecified atom stereocenters. The van der Waals surface area contributed by atoms with Crippen molar-refractivity contribution in [2.75, 3.05) is 37.7 Å². The molecule has 0 radical (unpaired) electrons. The molecule has 3 amide bonds. The quantitative estimate of drug-likeness (QED) is 0.537. The molecule has 2 aliphatic rings. The van der Waals surface area contributed by atoms with Crippen LogP contribution in [0.15, 0.2) is 30.3 Å². The van der Waals surface area contributed by atoms with Crippen LogP contribution in [0.2, 0.25) is 0 Å². The third-order valence-electron chi connectivity index (χ3n) is 7.20. The van der Waals surface area contributed by atoms with Crippen LogP contribution in [0.5, 0.6) is 0 Å². The van der Waals surface area contributed by atoms with Gasteiger partial charge in [-0.05, 0) is 49.1 Å². The zero-order valence-corrected chi connectivity index (χ0v) is 22.3. The number of nitrogens with one attached hydrogen (secondary N) is 1. The highest BCUT2D eigenvalue weighted by molar-refractivity contribution is 5.96. The van der Waals surface area contributed by atoms with Gasteiger partial charge in [-0.3, -0.25) is 14.4 Å². The molecule has 1 atom stereocenters.